The third kappa shape index (κ3) is 169. The van der Waals surface area contributed by atoms with Gasteiger partial charge in [-0.2, -0.15) is 0 Å². The van der Waals surface area contributed by atoms with Gasteiger partial charge in [0.2, 0.25) is 0 Å². The monoisotopic (exact) mass is 254 g/mol. The molecule has 11 nitrogen and oxygen atoms in total. The van der Waals surface area contributed by atoms with Crippen molar-refractivity contribution in [2.75, 3.05) is 0 Å². The molecule has 1 atom stereocenters. The molecule has 0 spiro atoms. The Kier molecular flexibility index (Phi) is 24.6. The second kappa shape index (κ2) is 15.6. The Morgan fingerprint density at radius 3 is 1.20 bits per heavy atom. The summed E-state index contributed by atoms with van der Waals surface area (Å²) >= 11 is 0. The van der Waals surface area contributed by atoms with Gasteiger partial charge in [0, 0.05) is 0 Å². The van der Waals surface area contributed by atoms with Crippen molar-refractivity contribution < 1.29 is 25.2 Å². The summed E-state index contributed by atoms with van der Waals surface area (Å²) in [5.41, 5.74) is 0. The Hall–Kier alpha value is -0.910. The number of carbonyl (C=O) groups is 1. The largest absolute Gasteiger partial charge is 2.00 e. The van der Waals surface area contributed by atoms with E-state index in [1.54, 1.807) is 0 Å². The third-order valence-electron chi connectivity index (χ3n) is 0.357. The molecule has 0 aliphatic heterocycles. The first-order chi connectivity index (χ1) is 6.11. The maximum Gasteiger partial charge on any atom is 2.00 e. The van der Waals surface area contributed by atoms with Gasteiger partial charge in [0.05, 0.1) is 10.2 Å². The molecule has 0 saturated heterocycles. The van der Waals surface area contributed by atoms with Crippen molar-refractivity contribution in [2.45, 2.75) is 13.0 Å². The van der Waals surface area contributed by atoms with Crippen LogP contribution in [0.5, 0.6) is 0 Å². The fourth-order valence-electron chi connectivity index (χ4n) is 0. The third-order valence-corrected chi connectivity index (χ3v) is 0.357. The number of hydrogen-bond acceptors (Lipinski definition) is 8. The first-order valence-corrected chi connectivity index (χ1v) is 2.65. The number of hydrogen-bond donors (Lipinski definition) is 2. The molecule has 0 aromatic rings. The Bertz CT molecular complexity index is 174. The van der Waals surface area contributed by atoms with Crippen LogP contribution >= 0.6 is 0 Å². The fraction of sp³-hybridized carbons (Fsp3) is 0.667. The fourth-order valence-corrected chi connectivity index (χ4v) is 0. The first-order valence-electron chi connectivity index (χ1n) is 2.65. The van der Waals surface area contributed by atoms with Crippen LogP contribution in [0.2, 0.25) is 0 Å². The summed E-state index contributed by atoms with van der Waals surface area (Å²) in [6.07, 6.45) is -1.23. The van der Waals surface area contributed by atoms with E-state index in [2.05, 4.69) is 0 Å². The van der Waals surface area contributed by atoms with E-state index in [0.717, 1.165) is 0 Å². The maximum atomic E-state index is 9.45. The van der Waals surface area contributed by atoms with Gasteiger partial charge in [-0.1, -0.05) is 0 Å². The molecule has 0 aliphatic carbocycles. The van der Waals surface area contributed by atoms with Crippen LogP contribution in [0.4, 0.5) is 0 Å². The van der Waals surface area contributed by atoms with Crippen molar-refractivity contribution in [3.8, 4) is 0 Å². The second-order valence-electron chi connectivity index (χ2n) is 1.46. The van der Waals surface area contributed by atoms with E-state index in [0.29, 0.717) is 0 Å². The standard InChI is InChI=1S/C3H6O3.Ca.2NO3/c1-2(4)3(5)6;;2*2-1(3)4/h2,4H,1H3,(H,5,6);;;/q;+2;2*-1. The minimum absolute atomic E-state index is 0. The number of carboxylic acid groups (broad SMARTS) is 1. The molecule has 0 saturated carbocycles. The molecular formula is C3H6CaN2O9. The summed E-state index contributed by atoms with van der Waals surface area (Å²) < 4.78 is 0. The number of aliphatic hydroxyl groups is 1. The number of aliphatic hydroxyl groups excluding tert-OH is 1. The van der Waals surface area contributed by atoms with Crippen molar-refractivity contribution in [2.24, 2.45) is 0 Å². The number of rotatable bonds is 1. The van der Waals surface area contributed by atoms with E-state index >= 15 is 0 Å². The molecule has 0 rings (SSSR count). The van der Waals surface area contributed by atoms with Gasteiger partial charge in [0.15, 0.2) is 0 Å². The zero-order valence-electron chi connectivity index (χ0n) is 7.43. The molecule has 15 heavy (non-hydrogen) atoms. The van der Waals surface area contributed by atoms with Gasteiger partial charge in [-0.15, -0.1) is 0 Å². The van der Waals surface area contributed by atoms with Crippen LogP contribution in [0.25, 0.3) is 0 Å². The van der Waals surface area contributed by atoms with Crippen LogP contribution in [0, 0.1) is 30.6 Å². The van der Waals surface area contributed by atoms with Crippen LogP contribution in [0.15, 0.2) is 0 Å². The molecular weight excluding hydrogens is 248 g/mol. The minimum atomic E-state index is -1.75. The van der Waals surface area contributed by atoms with E-state index in [1.807, 2.05) is 0 Å². The number of carboxylic acids is 1. The summed E-state index contributed by atoms with van der Waals surface area (Å²) in [6.45, 7) is 1.20. The molecule has 0 heterocycles. The molecule has 0 aromatic carbocycles. The Balaban J connectivity index is -0.0000000606. The minimum Gasteiger partial charge on any atom is -0.479 e. The van der Waals surface area contributed by atoms with Crippen LogP contribution < -0.4 is 0 Å². The zero-order chi connectivity index (χ0) is 12.3. The topological polar surface area (TPSA) is 190 Å². The second-order valence-corrected chi connectivity index (χ2v) is 1.46. The van der Waals surface area contributed by atoms with Crippen LogP contribution in [0.3, 0.4) is 0 Å². The molecule has 0 radical (unpaired) electrons. The zero-order valence-corrected chi connectivity index (χ0v) is 9.64. The average Bonchev–Trinajstić information content (AvgIpc) is 1.83. The van der Waals surface area contributed by atoms with Crippen LogP contribution in [-0.4, -0.2) is 70.2 Å². The molecule has 84 valence electrons. The molecule has 0 amide bonds. The van der Waals surface area contributed by atoms with Crippen molar-refractivity contribution in [1.29, 1.82) is 0 Å². The normalized spacial score (nSPS) is 8.67. The van der Waals surface area contributed by atoms with E-state index in [1.165, 1.54) is 6.92 Å². The maximum absolute atomic E-state index is 9.45. The summed E-state index contributed by atoms with van der Waals surface area (Å²) in [5, 5.41) is 45.3. The van der Waals surface area contributed by atoms with Gasteiger partial charge in [-0.05, 0) is 6.92 Å². The summed E-state index contributed by atoms with van der Waals surface area (Å²) in [7, 11) is 0. The van der Waals surface area contributed by atoms with Crippen molar-refractivity contribution in [1.82, 2.24) is 0 Å². The summed E-state index contributed by atoms with van der Waals surface area (Å²) in [6, 6.07) is 0. The molecule has 0 aliphatic rings. The SMILES string of the molecule is CC(O)C(=O)O.O=[N+]([O-])[O-].O=[N+]([O-])[O-].[Ca+2]. The van der Waals surface area contributed by atoms with E-state index in [-0.39, 0.29) is 37.7 Å². The molecule has 1 unspecified atom stereocenters. The van der Waals surface area contributed by atoms with E-state index in [9.17, 15) is 4.79 Å². The van der Waals surface area contributed by atoms with Gasteiger partial charge in [-0.25, -0.2) is 4.79 Å². The Morgan fingerprint density at radius 1 is 1.13 bits per heavy atom. The van der Waals surface area contributed by atoms with Crippen LogP contribution in [0.1, 0.15) is 6.92 Å². The van der Waals surface area contributed by atoms with Crippen molar-refractivity contribution in [3.63, 3.8) is 0 Å². The summed E-state index contributed by atoms with van der Waals surface area (Å²) in [5.74, 6) is -1.19. The predicted molar refractivity (Wildman–Crippen MR) is 45.8 cm³/mol. The van der Waals surface area contributed by atoms with Gasteiger partial charge in [-0.3, -0.25) is 0 Å². The molecule has 2 N–H and O–H groups in total. The van der Waals surface area contributed by atoms with Crippen LogP contribution in [-0.2, 0) is 4.79 Å². The molecule has 0 aromatic heterocycles. The molecule has 0 fully saturated rings. The van der Waals surface area contributed by atoms with Gasteiger partial charge in [0.1, 0.15) is 6.10 Å². The molecule has 12 heteroatoms. The number of nitrogens with zero attached hydrogens (tertiary/aromatic N) is 2. The first kappa shape index (κ1) is 23.7. The smallest absolute Gasteiger partial charge is 0.479 e. The Labute approximate surface area is 112 Å². The predicted octanol–water partition coefficient (Wildman–Crippen LogP) is -1.41. The average molecular weight is 254 g/mol. The van der Waals surface area contributed by atoms with E-state index in [4.69, 9.17) is 40.9 Å². The quantitative estimate of drug-likeness (QED) is 0.321. The van der Waals surface area contributed by atoms with Gasteiger partial charge in [0.25, 0.3) is 0 Å². The van der Waals surface area contributed by atoms with Gasteiger partial charge < -0.3 is 40.9 Å². The van der Waals surface area contributed by atoms with Crippen molar-refractivity contribution in [3.05, 3.63) is 30.6 Å². The van der Waals surface area contributed by atoms with Crippen molar-refractivity contribution >= 4 is 43.7 Å². The Morgan fingerprint density at radius 2 is 1.20 bits per heavy atom. The summed E-state index contributed by atoms with van der Waals surface area (Å²) in [4.78, 5) is 25.9. The molecule has 0 bridgehead atoms. The van der Waals surface area contributed by atoms with E-state index < -0.39 is 22.2 Å². The van der Waals surface area contributed by atoms with Gasteiger partial charge >= 0.3 is 43.7 Å². The number of aliphatic carboxylic acids is 1.